The monoisotopic (exact) mass is 616 g/mol. The maximum absolute atomic E-state index is 9.25. The second-order valence-electron chi connectivity index (χ2n) is 4.26. The molecular weight excluding hydrogens is 584 g/mol. The van der Waals surface area contributed by atoms with Crippen LogP contribution in [0.3, 0.4) is 0 Å². The number of carbonyl (C=O) groups is 8. The van der Waals surface area contributed by atoms with Crippen LogP contribution in [-0.4, -0.2) is 79.1 Å². The molecule has 0 saturated carbocycles. The van der Waals surface area contributed by atoms with Gasteiger partial charge in [0.1, 0.15) is 0 Å². The summed E-state index contributed by atoms with van der Waals surface area (Å²) in [5.74, 6) is -8.85. The molecule has 42 heavy (non-hydrogen) atoms. The Morgan fingerprint density at radius 2 is 0.405 bits per heavy atom. The largest absolute Gasteiger partial charge is 4.00 e. The van der Waals surface area contributed by atoms with Crippen LogP contribution in [0, 0.1) is 7.43 Å². The van der Waals surface area contributed by atoms with Crippen LogP contribution in [0.15, 0.2) is 101 Å². The van der Waals surface area contributed by atoms with Crippen molar-refractivity contribution in [2.45, 2.75) is 0 Å². The smallest absolute Gasteiger partial charge is 0.545 e. The van der Waals surface area contributed by atoms with Crippen molar-refractivity contribution in [3.8, 4) is 0 Å². The predicted molar refractivity (Wildman–Crippen MR) is 147 cm³/mol. The molecule has 0 saturated heterocycles. The van der Waals surface area contributed by atoms with E-state index in [2.05, 4.69) is 52.6 Å². The van der Waals surface area contributed by atoms with Gasteiger partial charge >= 0.3 is 31.3 Å². The third-order valence-corrected chi connectivity index (χ3v) is 1.37. The number of carboxylic acids is 8. The van der Waals surface area contributed by atoms with Gasteiger partial charge in [0.2, 0.25) is 0 Å². The summed E-state index contributed by atoms with van der Waals surface area (Å²) in [5.41, 5.74) is 0. The van der Waals surface area contributed by atoms with E-state index < -0.39 is 47.8 Å². The molecule has 0 aromatic carbocycles. The summed E-state index contributed by atoms with van der Waals surface area (Å²) in [7, 11) is 0. The normalized spacial score (nSPS) is 6.10. The van der Waals surface area contributed by atoms with Crippen LogP contribution in [-0.2, 0) is 38.4 Å². The molecule has 0 aromatic rings. The van der Waals surface area contributed by atoms with Crippen LogP contribution in [0.1, 0.15) is 0 Å². The molecular formula is C25H32O16Si. The van der Waals surface area contributed by atoms with E-state index in [4.69, 9.17) is 60.0 Å². The van der Waals surface area contributed by atoms with E-state index in [1.165, 1.54) is 0 Å². The van der Waals surface area contributed by atoms with E-state index in [-0.39, 0.29) is 18.4 Å². The van der Waals surface area contributed by atoms with Gasteiger partial charge in [-0.15, -0.1) is 0 Å². The number of rotatable bonds is 8. The first-order valence-electron chi connectivity index (χ1n) is 8.92. The van der Waals surface area contributed by atoms with Crippen LogP contribution >= 0.6 is 0 Å². The number of hydrogen-bond donors (Lipinski definition) is 4. The zero-order valence-corrected chi connectivity index (χ0v) is 21.5. The molecule has 0 unspecified atom stereocenters. The Kier molecular flexibility index (Phi) is 92.8. The molecule has 0 bridgehead atoms. The van der Waals surface area contributed by atoms with Crippen LogP contribution < -0.4 is 20.4 Å². The summed E-state index contributed by atoms with van der Waals surface area (Å²) in [6.45, 7) is 23.4. The second kappa shape index (κ2) is 59.8. The van der Waals surface area contributed by atoms with E-state index in [1.807, 2.05) is 0 Å². The summed E-state index contributed by atoms with van der Waals surface area (Å²) in [4.78, 5) is 73.6. The van der Waals surface area contributed by atoms with Gasteiger partial charge in [0.25, 0.3) is 0 Å². The van der Waals surface area contributed by atoms with Crippen molar-refractivity contribution in [1.82, 2.24) is 0 Å². The molecule has 0 aromatic heterocycles. The van der Waals surface area contributed by atoms with Gasteiger partial charge < -0.3 is 60.0 Å². The standard InChI is InChI=1S/8C3H4O2.C.H4Si/c8*1-2-3(4)5;;/h8*2H,1H2,(H,4,5);;1H4/q;;;;;;;;+4;/p-4. The molecule has 0 rings (SSSR count). The van der Waals surface area contributed by atoms with E-state index in [0.29, 0.717) is 0 Å². The number of aliphatic carboxylic acids is 8. The second-order valence-corrected chi connectivity index (χ2v) is 4.26. The van der Waals surface area contributed by atoms with Crippen molar-refractivity contribution in [2.24, 2.45) is 0 Å². The van der Waals surface area contributed by atoms with Gasteiger partial charge in [0.05, 0.1) is 23.9 Å². The fraction of sp³-hybridized carbons (Fsp3) is 0. The number of carbonyl (C=O) groups excluding carboxylic acids is 4. The fourth-order valence-electron chi connectivity index (χ4n) is 0. The van der Waals surface area contributed by atoms with Crippen molar-refractivity contribution >= 4 is 58.7 Å². The predicted octanol–water partition coefficient (Wildman–Crippen LogP) is -4.65. The Morgan fingerprint density at radius 3 is 0.405 bits per heavy atom. The topological polar surface area (TPSA) is 310 Å². The van der Waals surface area contributed by atoms with Crippen LogP contribution in [0.25, 0.3) is 0 Å². The van der Waals surface area contributed by atoms with Gasteiger partial charge in [-0.25, -0.2) is 19.2 Å². The van der Waals surface area contributed by atoms with Gasteiger partial charge in [-0.1, -0.05) is 52.6 Å². The molecule has 0 aliphatic heterocycles. The maximum Gasteiger partial charge on any atom is 4.00 e. The maximum atomic E-state index is 9.25. The summed E-state index contributed by atoms with van der Waals surface area (Å²) in [6, 6.07) is 0. The van der Waals surface area contributed by atoms with Crippen molar-refractivity contribution < 1.29 is 79.2 Å². The van der Waals surface area contributed by atoms with Crippen LogP contribution in [0.4, 0.5) is 0 Å². The summed E-state index contributed by atoms with van der Waals surface area (Å²) >= 11 is 0. The minimum atomic E-state index is -1.23. The molecule has 0 atom stereocenters. The number of carboxylic acid groups (broad SMARTS) is 8. The van der Waals surface area contributed by atoms with Gasteiger partial charge in [0.15, 0.2) is 0 Å². The van der Waals surface area contributed by atoms with Crippen LogP contribution in [0.5, 0.6) is 0 Å². The molecule has 0 radical (unpaired) electrons. The molecule has 0 fully saturated rings. The SMILES string of the molecule is C=CC(=O)O.C=CC(=O)O.C=CC(=O)O.C=CC(=O)O.C=CC(=O)[O-].C=CC(=O)[O-].C=CC(=O)[O-].C=CC(=O)[O-].[C+4].[SiH4]. The first-order valence-corrected chi connectivity index (χ1v) is 8.92. The van der Waals surface area contributed by atoms with E-state index in [0.717, 1.165) is 48.6 Å². The fourth-order valence-corrected chi connectivity index (χ4v) is 0. The first kappa shape index (κ1) is 65.2. The van der Waals surface area contributed by atoms with E-state index in [1.54, 1.807) is 0 Å². The summed E-state index contributed by atoms with van der Waals surface area (Å²) in [5, 5.41) is 67.0. The summed E-state index contributed by atoms with van der Waals surface area (Å²) in [6.07, 6.45) is 6.22. The molecule has 0 spiro atoms. The molecule has 17 heteroatoms. The minimum Gasteiger partial charge on any atom is -0.545 e. The van der Waals surface area contributed by atoms with Crippen molar-refractivity contribution in [3.63, 3.8) is 0 Å². The third kappa shape index (κ3) is 375. The molecule has 0 amide bonds. The molecule has 232 valence electrons. The van der Waals surface area contributed by atoms with Crippen LogP contribution in [0.2, 0.25) is 0 Å². The first-order chi connectivity index (χ1) is 18.2. The van der Waals surface area contributed by atoms with Crippen molar-refractivity contribution in [1.29, 1.82) is 0 Å². The Labute approximate surface area is 246 Å². The quantitative estimate of drug-likeness (QED) is 0.147. The van der Waals surface area contributed by atoms with Gasteiger partial charge in [-0.05, 0) is 35.3 Å². The van der Waals surface area contributed by atoms with E-state index >= 15 is 0 Å². The zero-order valence-electron chi connectivity index (χ0n) is 21.5. The molecule has 16 nitrogen and oxygen atoms in total. The molecule has 0 aliphatic rings. The van der Waals surface area contributed by atoms with E-state index in [9.17, 15) is 19.2 Å². The van der Waals surface area contributed by atoms with Gasteiger partial charge in [-0.2, -0.15) is 0 Å². The molecule has 0 aliphatic carbocycles. The Morgan fingerprint density at radius 1 is 0.357 bits per heavy atom. The zero-order chi connectivity index (χ0) is 34.3. The third-order valence-electron chi connectivity index (χ3n) is 1.37. The van der Waals surface area contributed by atoms with Gasteiger partial charge in [0, 0.05) is 24.3 Å². The van der Waals surface area contributed by atoms with Crippen molar-refractivity contribution in [2.75, 3.05) is 0 Å². The van der Waals surface area contributed by atoms with Gasteiger partial charge in [-0.3, -0.25) is 0 Å². The Hall–Kier alpha value is -6.10. The summed E-state index contributed by atoms with van der Waals surface area (Å²) < 4.78 is 0. The minimum absolute atomic E-state index is 0. The molecule has 4 N–H and O–H groups in total. The Balaban J connectivity index is -0.0000000346. The average Bonchev–Trinajstić information content (AvgIpc) is 2.90. The number of hydrogen-bond acceptors (Lipinski definition) is 12. The Bertz CT molecular complexity index is 671. The molecule has 0 heterocycles. The van der Waals surface area contributed by atoms with Crippen molar-refractivity contribution in [3.05, 3.63) is 109 Å². The average molecular weight is 617 g/mol.